The topological polar surface area (TPSA) is 62.7 Å². The van der Waals surface area contributed by atoms with E-state index in [0.29, 0.717) is 21.3 Å². The standard InChI is InChI=1S/C12H8ClN3S/c13-9-2-1-3-10(5-9)17-12-11(15)4-8(6-14)7-16-12/h1-5,7H,15H2. The van der Waals surface area contributed by atoms with Crippen LogP contribution in [0.3, 0.4) is 0 Å². The molecule has 0 aliphatic carbocycles. The van der Waals surface area contributed by atoms with Crippen molar-refractivity contribution < 1.29 is 0 Å². The lowest BCUT2D eigenvalue weighted by atomic mass is 10.3. The molecular weight excluding hydrogens is 254 g/mol. The van der Waals surface area contributed by atoms with Crippen LogP contribution in [-0.2, 0) is 0 Å². The molecule has 0 spiro atoms. The molecule has 5 heteroatoms. The predicted octanol–water partition coefficient (Wildman–Crippen LogP) is 3.34. The quantitative estimate of drug-likeness (QED) is 0.901. The first-order valence-corrected chi connectivity index (χ1v) is 5.97. The molecule has 2 N–H and O–H groups in total. The molecule has 1 heterocycles. The van der Waals surface area contributed by atoms with Crippen molar-refractivity contribution in [1.82, 2.24) is 4.98 Å². The number of nitrogens with two attached hydrogens (primary N) is 1. The number of aromatic nitrogens is 1. The van der Waals surface area contributed by atoms with E-state index in [1.165, 1.54) is 18.0 Å². The molecule has 84 valence electrons. The number of nitriles is 1. The van der Waals surface area contributed by atoms with Gasteiger partial charge in [-0.1, -0.05) is 29.4 Å². The summed E-state index contributed by atoms with van der Waals surface area (Å²) in [6.45, 7) is 0. The highest BCUT2D eigenvalue weighted by molar-refractivity contribution is 7.99. The number of pyridine rings is 1. The highest BCUT2D eigenvalue weighted by Crippen LogP contribution is 2.31. The number of nitrogens with zero attached hydrogens (tertiary/aromatic N) is 2. The van der Waals surface area contributed by atoms with Gasteiger partial charge in [0, 0.05) is 16.1 Å². The summed E-state index contributed by atoms with van der Waals surface area (Å²) in [6, 6.07) is 11.0. The fraction of sp³-hybridized carbons (Fsp3) is 0. The number of hydrogen-bond donors (Lipinski definition) is 1. The van der Waals surface area contributed by atoms with Crippen LogP contribution >= 0.6 is 23.4 Å². The van der Waals surface area contributed by atoms with Gasteiger partial charge in [-0.3, -0.25) is 0 Å². The second-order valence-electron chi connectivity index (χ2n) is 3.29. The van der Waals surface area contributed by atoms with Crippen LogP contribution in [0.15, 0.2) is 46.5 Å². The predicted molar refractivity (Wildman–Crippen MR) is 68.9 cm³/mol. The van der Waals surface area contributed by atoms with Crippen LogP contribution in [0.5, 0.6) is 0 Å². The van der Waals surface area contributed by atoms with Gasteiger partial charge in [0.25, 0.3) is 0 Å². The zero-order valence-electron chi connectivity index (χ0n) is 8.72. The SMILES string of the molecule is N#Cc1cnc(Sc2cccc(Cl)c2)c(N)c1. The van der Waals surface area contributed by atoms with Gasteiger partial charge in [-0.25, -0.2) is 4.98 Å². The number of nitrogen functional groups attached to an aromatic ring is 1. The molecule has 0 saturated heterocycles. The molecule has 0 fully saturated rings. The summed E-state index contributed by atoms with van der Waals surface area (Å²) in [5.41, 5.74) is 6.77. The molecule has 17 heavy (non-hydrogen) atoms. The minimum Gasteiger partial charge on any atom is -0.396 e. The number of halogens is 1. The molecule has 2 rings (SSSR count). The highest BCUT2D eigenvalue weighted by atomic mass is 35.5. The van der Waals surface area contributed by atoms with Crippen molar-refractivity contribution in [3.8, 4) is 6.07 Å². The summed E-state index contributed by atoms with van der Waals surface area (Å²) >= 11 is 7.31. The molecule has 0 amide bonds. The fourth-order valence-electron chi connectivity index (χ4n) is 1.26. The van der Waals surface area contributed by atoms with Gasteiger partial charge >= 0.3 is 0 Å². The number of benzene rings is 1. The van der Waals surface area contributed by atoms with E-state index in [1.807, 2.05) is 24.3 Å². The molecule has 0 unspecified atom stereocenters. The van der Waals surface area contributed by atoms with Gasteiger partial charge in [-0.2, -0.15) is 5.26 Å². The van der Waals surface area contributed by atoms with E-state index < -0.39 is 0 Å². The minimum absolute atomic E-state index is 0.456. The van der Waals surface area contributed by atoms with Gasteiger partial charge in [-0.05, 0) is 24.3 Å². The Labute approximate surface area is 108 Å². The van der Waals surface area contributed by atoms with Gasteiger partial charge in [-0.15, -0.1) is 0 Å². The summed E-state index contributed by atoms with van der Waals surface area (Å²) in [7, 11) is 0. The minimum atomic E-state index is 0.456. The normalized spacial score (nSPS) is 9.88. The van der Waals surface area contributed by atoms with Crippen molar-refractivity contribution in [1.29, 1.82) is 5.26 Å². The first kappa shape index (κ1) is 11.8. The molecule has 0 aliphatic heterocycles. The van der Waals surface area contributed by atoms with Crippen LogP contribution in [-0.4, -0.2) is 4.98 Å². The zero-order chi connectivity index (χ0) is 12.3. The lowest BCUT2D eigenvalue weighted by molar-refractivity contribution is 1.13. The van der Waals surface area contributed by atoms with Gasteiger partial charge in [0.2, 0.25) is 0 Å². The van der Waals surface area contributed by atoms with Crippen LogP contribution in [0.4, 0.5) is 5.69 Å². The van der Waals surface area contributed by atoms with Crippen LogP contribution in [0.2, 0.25) is 5.02 Å². The summed E-state index contributed by atoms with van der Waals surface area (Å²) in [6.07, 6.45) is 1.50. The number of rotatable bonds is 2. The monoisotopic (exact) mass is 261 g/mol. The van der Waals surface area contributed by atoms with E-state index in [-0.39, 0.29) is 0 Å². The van der Waals surface area contributed by atoms with Gasteiger partial charge < -0.3 is 5.73 Å². The smallest absolute Gasteiger partial charge is 0.124 e. The zero-order valence-corrected chi connectivity index (χ0v) is 10.3. The number of hydrogen-bond acceptors (Lipinski definition) is 4. The first-order valence-electron chi connectivity index (χ1n) is 4.78. The molecule has 1 aromatic heterocycles. The summed E-state index contributed by atoms with van der Waals surface area (Å²) in [4.78, 5) is 5.11. The molecule has 1 aromatic carbocycles. The summed E-state index contributed by atoms with van der Waals surface area (Å²) in [5.74, 6) is 0. The Hall–Kier alpha value is -1.70. The third-order valence-electron chi connectivity index (χ3n) is 2.02. The van der Waals surface area contributed by atoms with Crippen molar-refractivity contribution in [3.05, 3.63) is 47.1 Å². The molecule has 0 radical (unpaired) electrons. The average molecular weight is 262 g/mol. The second-order valence-corrected chi connectivity index (χ2v) is 4.79. The molecule has 2 aromatic rings. The van der Waals surface area contributed by atoms with E-state index in [0.717, 1.165) is 4.90 Å². The van der Waals surface area contributed by atoms with E-state index in [4.69, 9.17) is 22.6 Å². The first-order chi connectivity index (χ1) is 8.19. The molecule has 0 atom stereocenters. The Kier molecular flexibility index (Phi) is 3.52. The second kappa shape index (κ2) is 5.09. The Morgan fingerprint density at radius 2 is 2.18 bits per heavy atom. The van der Waals surface area contributed by atoms with Crippen LogP contribution in [0.25, 0.3) is 0 Å². The lowest BCUT2D eigenvalue weighted by Gasteiger charge is -2.04. The van der Waals surface area contributed by atoms with Gasteiger partial charge in [0.15, 0.2) is 0 Å². The van der Waals surface area contributed by atoms with Crippen LogP contribution < -0.4 is 5.73 Å². The van der Waals surface area contributed by atoms with Gasteiger partial charge in [0.05, 0.1) is 11.3 Å². The molecular formula is C12H8ClN3S. The van der Waals surface area contributed by atoms with Gasteiger partial charge in [0.1, 0.15) is 11.1 Å². The largest absolute Gasteiger partial charge is 0.396 e. The Morgan fingerprint density at radius 1 is 1.35 bits per heavy atom. The Morgan fingerprint density at radius 3 is 2.82 bits per heavy atom. The van der Waals surface area contributed by atoms with Crippen molar-refractivity contribution in [2.75, 3.05) is 5.73 Å². The van der Waals surface area contributed by atoms with E-state index in [1.54, 1.807) is 12.1 Å². The van der Waals surface area contributed by atoms with Crippen molar-refractivity contribution >= 4 is 29.1 Å². The Bertz CT molecular complexity index is 593. The van der Waals surface area contributed by atoms with Crippen molar-refractivity contribution in [2.45, 2.75) is 9.92 Å². The van der Waals surface area contributed by atoms with Crippen LogP contribution in [0, 0.1) is 11.3 Å². The lowest BCUT2D eigenvalue weighted by Crippen LogP contribution is -1.93. The summed E-state index contributed by atoms with van der Waals surface area (Å²) < 4.78 is 0. The highest BCUT2D eigenvalue weighted by Gasteiger charge is 2.05. The van der Waals surface area contributed by atoms with E-state index in [2.05, 4.69) is 4.98 Å². The molecule has 0 bridgehead atoms. The molecule has 0 saturated carbocycles. The summed E-state index contributed by atoms with van der Waals surface area (Å²) in [5, 5.41) is 10.1. The molecule has 0 aliphatic rings. The van der Waals surface area contributed by atoms with Crippen LogP contribution in [0.1, 0.15) is 5.56 Å². The Balaban J connectivity index is 2.28. The molecule has 3 nitrogen and oxygen atoms in total. The fourth-order valence-corrected chi connectivity index (χ4v) is 2.35. The van der Waals surface area contributed by atoms with E-state index in [9.17, 15) is 0 Å². The van der Waals surface area contributed by atoms with Crippen molar-refractivity contribution in [2.24, 2.45) is 0 Å². The maximum atomic E-state index is 8.71. The number of anilines is 1. The van der Waals surface area contributed by atoms with Crippen molar-refractivity contribution in [3.63, 3.8) is 0 Å². The maximum Gasteiger partial charge on any atom is 0.124 e. The average Bonchev–Trinajstić information content (AvgIpc) is 2.32. The third kappa shape index (κ3) is 2.90. The van der Waals surface area contributed by atoms with E-state index >= 15 is 0 Å². The third-order valence-corrected chi connectivity index (χ3v) is 3.28. The maximum absolute atomic E-state index is 8.71.